The van der Waals surface area contributed by atoms with E-state index in [4.69, 9.17) is 5.73 Å². The summed E-state index contributed by atoms with van der Waals surface area (Å²) >= 11 is 0. The Morgan fingerprint density at radius 1 is 1.00 bits per heavy atom. The van der Waals surface area contributed by atoms with Crippen molar-refractivity contribution < 1.29 is 0 Å². The zero-order valence-corrected chi connectivity index (χ0v) is 13.8. The number of rotatable bonds is 8. The van der Waals surface area contributed by atoms with Gasteiger partial charge < -0.3 is 16.0 Å². The minimum atomic E-state index is -0.596. The number of nitrogen functional groups attached to an aromatic ring is 1. The van der Waals surface area contributed by atoms with E-state index in [0.717, 1.165) is 25.3 Å². The Labute approximate surface area is 145 Å². The molecule has 6 heteroatoms. The summed E-state index contributed by atoms with van der Waals surface area (Å²) in [5.74, 6) is 0.903. The van der Waals surface area contributed by atoms with Gasteiger partial charge in [-0.15, -0.1) is 0 Å². The van der Waals surface area contributed by atoms with Gasteiger partial charge in [0.15, 0.2) is 0 Å². The number of aromatic nitrogens is 1. The van der Waals surface area contributed by atoms with E-state index in [1.54, 1.807) is 6.20 Å². The van der Waals surface area contributed by atoms with E-state index in [9.17, 15) is 9.59 Å². The van der Waals surface area contributed by atoms with Crippen LogP contribution in [0.2, 0.25) is 0 Å². The molecular formula is C19H20N4O2. The predicted molar refractivity (Wildman–Crippen MR) is 101 cm³/mol. The van der Waals surface area contributed by atoms with Crippen molar-refractivity contribution in [3.8, 4) is 0 Å². The molecular weight excluding hydrogens is 316 g/mol. The van der Waals surface area contributed by atoms with Crippen molar-refractivity contribution in [1.29, 1.82) is 0 Å². The highest BCUT2D eigenvalue weighted by Crippen LogP contribution is 2.15. The van der Waals surface area contributed by atoms with E-state index in [0.29, 0.717) is 6.54 Å². The van der Waals surface area contributed by atoms with Crippen molar-refractivity contribution in [2.45, 2.75) is 13.0 Å². The molecule has 1 aromatic heterocycles. The van der Waals surface area contributed by atoms with Gasteiger partial charge in [-0.3, -0.25) is 9.59 Å². The molecule has 2 aromatic carbocycles. The lowest BCUT2D eigenvalue weighted by molar-refractivity contribution is 0.737. The molecule has 0 radical (unpaired) electrons. The summed E-state index contributed by atoms with van der Waals surface area (Å²) in [5.41, 5.74) is 5.89. The first-order valence-corrected chi connectivity index (χ1v) is 8.19. The van der Waals surface area contributed by atoms with Gasteiger partial charge >= 0.3 is 0 Å². The lowest BCUT2D eigenvalue weighted by Crippen LogP contribution is -2.37. The average Bonchev–Trinajstić information content (AvgIpc) is 2.67. The zero-order valence-electron chi connectivity index (χ0n) is 13.8. The van der Waals surface area contributed by atoms with Crippen LogP contribution in [0.4, 0.5) is 17.2 Å². The first-order chi connectivity index (χ1) is 12.2. The minimum Gasteiger partial charge on any atom is -0.394 e. The fourth-order valence-corrected chi connectivity index (χ4v) is 2.69. The topological polar surface area (TPSA) is 88.3 Å². The highest BCUT2D eigenvalue weighted by molar-refractivity contribution is 5.71. The number of nitrogens with zero attached hydrogens (tertiary/aromatic N) is 2. The molecule has 0 amide bonds. The second-order valence-electron chi connectivity index (χ2n) is 5.82. The number of nitrogens with one attached hydrogen (secondary N) is 1. The SMILES string of the molecule is Nc1c(NCCCN(Cc2ccccc2)c2ccccn2)c(=O)c1=O. The van der Waals surface area contributed by atoms with Crippen LogP contribution < -0.4 is 26.8 Å². The van der Waals surface area contributed by atoms with Gasteiger partial charge in [0, 0.05) is 25.8 Å². The van der Waals surface area contributed by atoms with Crippen LogP contribution in [0.15, 0.2) is 64.3 Å². The number of benzene rings is 1. The Kier molecular flexibility index (Phi) is 5.09. The van der Waals surface area contributed by atoms with Crippen molar-refractivity contribution in [2.24, 2.45) is 0 Å². The Morgan fingerprint density at radius 3 is 2.44 bits per heavy atom. The van der Waals surface area contributed by atoms with Gasteiger partial charge in [0.1, 0.15) is 17.2 Å². The van der Waals surface area contributed by atoms with Crippen molar-refractivity contribution in [2.75, 3.05) is 29.0 Å². The number of anilines is 3. The Morgan fingerprint density at radius 2 is 1.76 bits per heavy atom. The molecule has 1 heterocycles. The van der Waals surface area contributed by atoms with Gasteiger partial charge in [-0.25, -0.2) is 4.98 Å². The zero-order chi connectivity index (χ0) is 17.6. The van der Waals surface area contributed by atoms with Gasteiger partial charge in [0.25, 0.3) is 10.9 Å². The quantitative estimate of drug-likeness (QED) is 0.481. The molecule has 25 heavy (non-hydrogen) atoms. The van der Waals surface area contributed by atoms with Crippen LogP contribution in [0.1, 0.15) is 12.0 Å². The molecule has 0 unspecified atom stereocenters. The van der Waals surface area contributed by atoms with Crippen LogP contribution in [0.5, 0.6) is 0 Å². The molecule has 3 rings (SSSR count). The van der Waals surface area contributed by atoms with Crippen molar-refractivity contribution in [3.05, 3.63) is 80.7 Å². The van der Waals surface area contributed by atoms with Crippen LogP contribution in [-0.2, 0) is 6.54 Å². The number of nitrogens with two attached hydrogens (primary N) is 1. The molecule has 0 saturated carbocycles. The molecule has 0 saturated heterocycles. The highest BCUT2D eigenvalue weighted by atomic mass is 16.2. The predicted octanol–water partition coefficient (Wildman–Crippen LogP) is 1.77. The van der Waals surface area contributed by atoms with Crippen LogP contribution in [0.3, 0.4) is 0 Å². The van der Waals surface area contributed by atoms with Crippen molar-refractivity contribution in [1.82, 2.24) is 4.98 Å². The smallest absolute Gasteiger partial charge is 0.253 e. The Bertz CT molecular complexity index is 887. The molecule has 0 aliphatic heterocycles. The second kappa shape index (κ2) is 7.61. The van der Waals surface area contributed by atoms with Gasteiger partial charge in [0.2, 0.25) is 0 Å². The van der Waals surface area contributed by atoms with E-state index in [1.807, 2.05) is 36.4 Å². The normalized spacial score (nSPS) is 10.7. The maximum atomic E-state index is 11.4. The first kappa shape index (κ1) is 16.7. The van der Waals surface area contributed by atoms with Crippen LogP contribution in [0, 0.1) is 0 Å². The first-order valence-electron chi connectivity index (χ1n) is 8.19. The number of hydrogen-bond donors (Lipinski definition) is 2. The molecule has 6 nitrogen and oxygen atoms in total. The standard InChI is InChI=1S/C19H20N4O2/c20-16-17(19(25)18(16)24)22-11-6-12-23(15-9-4-5-10-21-15)13-14-7-2-1-3-8-14/h1-5,7-10,22H,6,11-13,20H2. The second-order valence-corrected chi connectivity index (χ2v) is 5.82. The van der Waals surface area contributed by atoms with E-state index in [1.165, 1.54) is 5.56 Å². The molecule has 3 aromatic rings. The summed E-state index contributed by atoms with van der Waals surface area (Å²) < 4.78 is 0. The summed E-state index contributed by atoms with van der Waals surface area (Å²) in [6.07, 6.45) is 2.55. The number of pyridine rings is 1. The summed E-state index contributed by atoms with van der Waals surface area (Å²) in [6, 6.07) is 16.0. The molecule has 3 N–H and O–H groups in total. The minimum absolute atomic E-state index is 0.0378. The highest BCUT2D eigenvalue weighted by Gasteiger charge is 2.17. The lowest BCUT2D eigenvalue weighted by atomic mass is 10.2. The van der Waals surface area contributed by atoms with Crippen molar-refractivity contribution >= 4 is 17.2 Å². The van der Waals surface area contributed by atoms with Gasteiger partial charge in [-0.1, -0.05) is 36.4 Å². The summed E-state index contributed by atoms with van der Waals surface area (Å²) in [5, 5.41) is 2.96. The van der Waals surface area contributed by atoms with Crippen LogP contribution in [0.25, 0.3) is 0 Å². The molecule has 0 bridgehead atoms. The maximum absolute atomic E-state index is 11.4. The van der Waals surface area contributed by atoms with E-state index in [-0.39, 0.29) is 11.4 Å². The Balaban J connectivity index is 1.60. The fourth-order valence-electron chi connectivity index (χ4n) is 2.69. The van der Waals surface area contributed by atoms with Crippen LogP contribution >= 0.6 is 0 Å². The average molecular weight is 336 g/mol. The molecule has 0 spiro atoms. The molecule has 0 aliphatic carbocycles. The third kappa shape index (κ3) is 3.85. The van der Waals surface area contributed by atoms with Crippen molar-refractivity contribution in [3.63, 3.8) is 0 Å². The molecule has 128 valence electrons. The van der Waals surface area contributed by atoms with E-state index < -0.39 is 10.9 Å². The van der Waals surface area contributed by atoms with Crippen LogP contribution in [-0.4, -0.2) is 18.1 Å². The molecule has 0 aliphatic rings. The van der Waals surface area contributed by atoms with E-state index in [2.05, 4.69) is 27.3 Å². The van der Waals surface area contributed by atoms with Gasteiger partial charge in [-0.2, -0.15) is 0 Å². The van der Waals surface area contributed by atoms with E-state index >= 15 is 0 Å². The third-order valence-electron chi connectivity index (χ3n) is 4.04. The molecule has 0 atom stereocenters. The largest absolute Gasteiger partial charge is 0.394 e. The maximum Gasteiger partial charge on any atom is 0.253 e. The third-order valence-corrected chi connectivity index (χ3v) is 4.04. The lowest BCUT2D eigenvalue weighted by Gasteiger charge is -2.24. The summed E-state index contributed by atoms with van der Waals surface area (Å²) in [4.78, 5) is 29.1. The monoisotopic (exact) mass is 336 g/mol. The van der Waals surface area contributed by atoms with Gasteiger partial charge in [-0.05, 0) is 24.1 Å². The summed E-state index contributed by atoms with van der Waals surface area (Å²) in [7, 11) is 0. The van der Waals surface area contributed by atoms with Gasteiger partial charge in [0.05, 0.1) is 0 Å². The Hall–Kier alpha value is -3.15. The fraction of sp³-hybridized carbons (Fsp3) is 0.211. The summed E-state index contributed by atoms with van der Waals surface area (Å²) in [6.45, 7) is 2.07. The number of hydrogen-bond acceptors (Lipinski definition) is 6. The molecule has 0 fully saturated rings.